The number of ether oxygens (including phenoxy) is 1. The van der Waals surface area contributed by atoms with Gasteiger partial charge in [0.25, 0.3) is 0 Å². The van der Waals surface area contributed by atoms with Gasteiger partial charge in [-0.15, -0.1) is 0 Å². The highest BCUT2D eigenvalue weighted by atomic mass is 32.2. The molecule has 0 spiro atoms. The molecular formula is C8H8O2S. The van der Waals surface area contributed by atoms with Crippen molar-refractivity contribution in [3.8, 4) is 11.5 Å². The summed E-state index contributed by atoms with van der Waals surface area (Å²) in [6.07, 6.45) is 0. The fourth-order valence-corrected chi connectivity index (χ4v) is 1.45. The number of fused-ring (bicyclic) bond motifs is 1. The minimum Gasteiger partial charge on any atom is -0.473 e. The van der Waals surface area contributed by atoms with Crippen LogP contribution in [0.5, 0.6) is 11.5 Å². The number of rotatable bonds is 0. The summed E-state index contributed by atoms with van der Waals surface area (Å²) in [7, 11) is 0. The van der Waals surface area contributed by atoms with Gasteiger partial charge in [0, 0.05) is 0 Å². The lowest BCUT2D eigenvalue weighted by Crippen LogP contribution is -2.13. The van der Waals surface area contributed by atoms with Crippen LogP contribution in [-0.2, 0) is 0 Å². The summed E-state index contributed by atoms with van der Waals surface area (Å²) in [6, 6.07) is 7.67. The topological polar surface area (TPSA) is 18.5 Å². The normalized spacial score (nSPS) is 21.4. The van der Waals surface area contributed by atoms with Crippen LogP contribution in [0.2, 0.25) is 0 Å². The molecule has 0 aromatic heterocycles. The monoisotopic (exact) mass is 168 g/mol. The molecule has 0 saturated heterocycles. The maximum Gasteiger partial charge on any atom is 0.179 e. The van der Waals surface area contributed by atoms with E-state index in [-0.39, 0.29) is 5.44 Å². The first kappa shape index (κ1) is 6.85. The van der Waals surface area contributed by atoms with Gasteiger partial charge in [0.05, 0.1) is 0 Å². The van der Waals surface area contributed by atoms with Crippen molar-refractivity contribution in [1.29, 1.82) is 0 Å². The zero-order valence-corrected chi connectivity index (χ0v) is 6.93. The molecule has 1 aliphatic rings. The maximum absolute atomic E-state index is 5.47. The van der Waals surface area contributed by atoms with E-state index < -0.39 is 0 Å². The Labute approximate surface area is 69.7 Å². The molecule has 0 aliphatic carbocycles. The van der Waals surface area contributed by atoms with E-state index in [2.05, 4.69) is 0 Å². The largest absolute Gasteiger partial charge is 0.473 e. The van der Waals surface area contributed by atoms with Crippen molar-refractivity contribution in [1.82, 2.24) is 0 Å². The van der Waals surface area contributed by atoms with Gasteiger partial charge in [0.15, 0.2) is 16.9 Å². The van der Waals surface area contributed by atoms with Crippen LogP contribution in [0, 0.1) is 0 Å². The van der Waals surface area contributed by atoms with Gasteiger partial charge in [-0.2, -0.15) is 0 Å². The third-order valence-electron chi connectivity index (χ3n) is 1.42. The second-order valence-corrected chi connectivity index (χ2v) is 3.33. The number of hydrogen-bond donors (Lipinski definition) is 0. The molecule has 0 radical (unpaired) electrons. The first-order valence-electron chi connectivity index (χ1n) is 3.45. The molecule has 11 heavy (non-hydrogen) atoms. The molecule has 0 fully saturated rings. The third kappa shape index (κ3) is 1.28. The summed E-state index contributed by atoms with van der Waals surface area (Å²) in [5.74, 6) is 1.65. The van der Waals surface area contributed by atoms with Crippen LogP contribution in [0.25, 0.3) is 0 Å². The SMILES string of the molecule is CC1Oc2ccccc2OS1. The summed E-state index contributed by atoms with van der Waals surface area (Å²) in [5, 5.41) is 0. The Bertz CT molecular complexity index is 262. The molecule has 1 atom stereocenters. The van der Waals surface area contributed by atoms with Crippen molar-refractivity contribution in [2.45, 2.75) is 12.4 Å². The molecule has 0 bridgehead atoms. The molecule has 1 aliphatic heterocycles. The standard InChI is InChI=1S/C8H8O2S/c1-6-9-7-4-2-3-5-8(7)10-11-6/h2-6H,1H3. The van der Waals surface area contributed by atoms with Crippen LogP contribution in [0.4, 0.5) is 0 Å². The van der Waals surface area contributed by atoms with Crippen molar-refractivity contribution in [2.75, 3.05) is 0 Å². The highest BCUT2D eigenvalue weighted by Gasteiger charge is 2.16. The van der Waals surface area contributed by atoms with E-state index in [4.69, 9.17) is 8.92 Å². The zero-order chi connectivity index (χ0) is 7.68. The fourth-order valence-electron chi connectivity index (χ4n) is 0.934. The minimum atomic E-state index is 0.0879. The van der Waals surface area contributed by atoms with E-state index in [1.807, 2.05) is 31.2 Å². The molecule has 2 nitrogen and oxygen atoms in total. The quantitative estimate of drug-likeness (QED) is 0.554. The van der Waals surface area contributed by atoms with E-state index in [0.29, 0.717) is 0 Å². The van der Waals surface area contributed by atoms with Gasteiger partial charge in [-0.3, -0.25) is 0 Å². The minimum absolute atomic E-state index is 0.0879. The Kier molecular flexibility index (Phi) is 1.66. The van der Waals surface area contributed by atoms with Crippen molar-refractivity contribution in [2.24, 2.45) is 0 Å². The molecule has 1 heterocycles. The zero-order valence-electron chi connectivity index (χ0n) is 6.11. The summed E-state index contributed by atoms with van der Waals surface area (Å²) >= 11 is 1.34. The Balaban J connectivity index is 2.34. The highest BCUT2D eigenvalue weighted by molar-refractivity contribution is 7.95. The van der Waals surface area contributed by atoms with E-state index in [9.17, 15) is 0 Å². The molecular weight excluding hydrogens is 160 g/mol. The van der Waals surface area contributed by atoms with Crippen LogP contribution in [0.3, 0.4) is 0 Å². The summed E-state index contributed by atoms with van der Waals surface area (Å²) in [6.45, 7) is 1.96. The van der Waals surface area contributed by atoms with Crippen LogP contribution in [0.15, 0.2) is 24.3 Å². The molecule has 58 valence electrons. The van der Waals surface area contributed by atoms with Crippen LogP contribution in [-0.4, -0.2) is 5.44 Å². The first-order chi connectivity index (χ1) is 5.36. The number of benzene rings is 1. The molecule has 3 heteroatoms. The average Bonchev–Trinajstić information content (AvgIpc) is 2.04. The van der Waals surface area contributed by atoms with Gasteiger partial charge >= 0.3 is 0 Å². The molecule has 2 rings (SSSR count). The summed E-state index contributed by atoms with van der Waals surface area (Å²) in [5.41, 5.74) is 0.0879. The van der Waals surface area contributed by atoms with Gasteiger partial charge in [-0.05, 0) is 19.1 Å². The van der Waals surface area contributed by atoms with Gasteiger partial charge in [-0.25, -0.2) is 0 Å². The van der Waals surface area contributed by atoms with Crippen LogP contribution in [0.1, 0.15) is 6.92 Å². The highest BCUT2D eigenvalue weighted by Crippen LogP contribution is 2.36. The van der Waals surface area contributed by atoms with Gasteiger partial charge in [-0.1, -0.05) is 12.1 Å². The average molecular weight is 168 g/mol. The van der Waals surface area contributed by atoms with Crippen molar-refractivity contribution < 1.29 is 8.92 Å². The second-order valence-electron chi connectivity index (χ2n) is 2.31. The van der Waals surface area contributed by atoms with Gasteiger partial charge in [0.2, 0.25) is 0 Å². The first-order valence-corrected chi connectivity index (χ1v) is 4.26. The van der Waals surface area contributed by atoms with Crippen molar-refractivity contribution in [3.05, 3.63) is 24.3 Å². The smallest absolute Gasteiger partial charge is 0.179 e. The van der Waals surface area contributed by atoms with E-state index in [0.717, 1.165) is 11.5 Å². The lowest BCUT2D eigenvalue weighted by atomic mass is 10.3. The van der Waals surface area contributed by atoms with E-state index in [1.54, 1.807) is 0 Å². The molecule has 0 N–H and O–H groups in total. The molecule has 0 saturated carbocycles. The van der Waals surface area contributed by atoms with Crippen molar-refractivity contribution >= 4 is 12.0 Å². The molecule has 1 aromatic carbocycles. The van der Waals surface area contributed by atoms with Gasteiger partial charge < -0.3 is 8.92 Å². The maximum atomic E-state index is 5.47. The third-order valence-corrected chi connectivity index (χ3v) is 2.06. The molecule has 0 amide bonds. The van der Waals surface area contributed by atoms with E-state index >= 15 is 0 Å². The van der Waals surface area contributed by atoms with Crippen molar-refractivity contribution in [3.63, 3.8) is 0 Å². The second kappa shape index (κ2) is 2.66. The summed E-state index contributed by atoms with van der Waals surface area (Å²) < 4.78 is 10.8. The van der Waals surface area contributed by atoms with Crippen LogP contribution >= 0.6 is 12.0 Å². The predicted molar refractivity (Wildman–Crippen MR) is 44.8 cm³/mol. The fraction of sp³-hybridized carbons (Fsp3) is 0.250. The predicted octanol–water partition coefficient (Wildman–Crippen LogP) is 2.45. The number of hydrogen-bond acceptors (Lipinski definition) is 3. The van der Waals surface area contributed by atoms with Crippen LogP contribution < -0.4 is 8.92 Å². The van der Waals surface area contributed by atoms with E-state index in [1.165, 1.54) is 12.0 Å². The van der Waals surface area contributed by atoms with Gasteiger partial charge in [0.1, 0.15) is 12.0 Å². The number of para-hydroxylation sites is 2. The summed E-state index contributed by atoms with van der Waals surface area (Å²) in [4.78, 5) is 0. The lowest BCUT2D eigenvalue weighted by molar-refractivity contribution is 0.277. The lowest BCUT2D eigenvalue weighted by Gasteiger charge is -2.21. The Morgan fingerprint density at radius 1 is 1.27 bits per heavy atom. The Morgan fingerprint density at radius 3 is 2.82 bits per heavy atom. The Morgan fingerprint density at radius 2 is 2.00 bits per heavy atom. The molecule has 1 aromatic rings. The molecule has 1 unspecified atom stereocenters. The Hall–Kier alpha value is -0.830.